The highest BCUT2D eigenvalue weighted by molar-refractivity contribution is 9.10. The maximum absolute atomic E-state index is 11.0. The number of ether oxygens (including phenoxy) is 1. The van der Waals surface area contributed by atoms with Crippen LogP contribution in [0.15, 0.2) is 18.5 Å². The molecule has 1 rings (SSSR count). The van der Waals surface area contributed by atoms with Crippen LogP contribution in [0, 0.1) is 0 Å². The third-order valence-electron chi connectivity index (χ3n) is 1.68. The van der Waals surface area contributed by atoms with Crippen LogP contribution < -0.4 is 5.32 Å². The maximum Gasteiger partial charge on any atom is 0.320 e. The van der Waals surface area contributed by atoms with Gasteiger partial charge in [0.2, 0.25) is 0 Å². The average Bonchev–Trinajstić information content (AvgIpc) is 2.29. The van der Waals surface area contributed by atoms with Gasteiger partial charge in [-0.15, -0.1) is 0 Å². The van der Waals surface area contributed by atoms with Gasteiger partial charge in [0.05, 0.1) is 13.7 Å². The van der Waals surface area contributed by atoms with Gasteiger partial charge in [0.25, 0.3) is 0 Å². The molecule has 0 radical (unpaired) electrons. The van der Waals surface area contributed by atoms with Crippen LogP contribution in [0.2, 0.25) is 0 Å². The molecule has 0 aromatic carbocycles. The number of nitrogens with zero attached hydrogens (tertiary/aromatic N) is 2. The molecule has 0 saturated carbocycles. The van der Waals surface area contributed by atoms with Gasteiger partial charge in [-0.05, 0) is 6.07 Å². The van der Waals surface area contributed by atoms with Crippen LogP contribution in [0.25, 0.3) is 0 Å². The third-order valence-corrected chi connectivity index (χ3v) is 2.38. The van der Waals surface area contributed by atoms with Gasteiger partial charge in [0.1, 0.15) is 10.7 Å². The Morgan fingerprint density at radius 3 is 2.87 bits per heavy atom. The number of carbonyl (C=O) groups excluding carboxylic acids is 1. The molecule has 0 aliphatic rings. The third kappa shape index (κ3) is 4.35. The fourth-order valence-corrected chi connectivity index (χ4v) is 1.36. The predicted molar refractivity (Wildman–Crippen MR) is 58.5 cm³/mol. The first-order valence-electron chi connectivity index (χ1n) is 4.42. The van der Waals surface area contributed by atoms with Gasteiger partial charge in [-0.2, -0.15) is 0 Å². The summed E-state index contributed by atoms with van der Waals surface area (Å²) < 4.78 is 4.56. The molecule has 1 N–H and O–H groups in total. The molecule has 0 aliphatic heterocycles. The first kappa shape index (κ1) is 12.1. The van der Waals surface area contributed by atoms with Crippen molar-refractivity contribution < 1.29 is 9.53 Å². The normalized spacial score (nSPS) is 12.1. The Hall–Kier alpha value is -1.01. The molecular formula is C9H12BrN3O2. The number of methoxy groups -OCH3 is 1. The lowest BCUT2D eigenvalue weighted by Gasteiger charge is -2.07. The largest absolute Gasteiger partial charge is 0.468 e. The van der Waals surface area contributed by atoms with E-state index < -0.39 is 0 Å². The van der Waals surface area contributed by atoms with Crippen LogP contribution in [-0.2, 0) is 16.1 Å². The SMILES string of the molecule is COC(=O)C(Br)CNCc1ncccn1. The summed E-state index contributed by atoms with van der Waals surface area (Å²) in [4.78, 5) is 18.7. The summed E-state index contributed by atoms with van der Waals surface area (Å²) in [5, 5.41) is 3.04. The highest BCUT2D eigenvalue weighted by atomic mass is 79.9. The standard InChI is InChI=1S/C9H12BrN3O2/c1-15-9(14)7(10)5-11-6-8-12-3-2-4-13-8/h2-4,7,11H,5-6H2,1H3. The molecule has 1 aromatic rings. The van der Waals surface area contributed by atoms with Crippen molar-refractivity contribution in [2.24, 2.45) is 0 Å². The number of hydrogen-bond acceptors (Lipinski definition) is 5. The van der Waals surface area contributed by atoms with Crippen LogP contribution in [0.3, 0.4) is 0 Å². The van der Waals surface area contributed by atoms with E-state index in [-0.39, 0.29) is 10.8 Å². The van der Waals surface area contributed by atoms with E-state index in [0.29, 0.717) is 18.9 Å². The predicted octanol–water partition coefficient (Wildman–Crippen LogP) is 0.503. The fourth-order valence-electron chi connectivity index (χ4n) is 0.943. The molecular weight excluding hydrogens is 262 g/mol. The number of aromatic nitrogens is 2. The average molecular weight is 274 g/mol. The second-order valence-electron chi connectivity index (χ2n) is 2.79. The topological polar surface area (TPSA) is 64.1 Å². The van der Waals surface area contributed by atoms with E-state index in [1.54, 1.807) is 18.5 Å². The van der Waals surface area contributed by atoms with Crippen molar-refractivity contribution in [1.29, 1.82) is 0 Å². The molecule has 0 spiro atoms. The first-order chi connectivity index (χ1) is 7.24. The van der Waals surface area contributed by atoms with Crippen molar-refractivity contribution in [2.45, 2.75) is 11.4 Å². The highest BCUT2D eigenvalue weighted by Gasteiger charge is 2.13. The smallest absolute Gasteiger partial charge is 0.320 e. The van der Waals surface area contributed by atoms with Gasteiger partial charge in [-0.25, -0.2) is 9.97 Å². The van der Waals surface area contributed by atoms with E-state index in [4.69, 9.17) is 0 Å². The molecule has 0 amide bonds. The van der Waals surface area contributed by atoms with Crippen molar-refractivity contribution in [3.05, 3.63) is 24.3 Å². The van der Waals surface area contributed by atoms with Gasteiger partial charge in [0.15, 0.2) is 0 Å². The Kier molecular flexibility index (Phi) is 5.20. The number of halogens is 1. The van der Waals surface area contributed by atoms with Crippen LogP contribution in [-0.4, -0.2) is 34.4 Å². The van der Waals surface area contributed by atoms with Crippen LogP contribution in [0.1, 0.15) is 5.82 Å². The van der Waals surface area contributed by atoms with Crippen molar-refractivity contribution >= 4 is 21.9 Å². The number of hydrogen-bond donors (Lipinski definition) is 1. The lowest BCUT2D eigenvalue weighted by molar-refractivity contribution is -0.139. The van der Waals surface area contributed by atoms with Crippen molar-refractivity contribution in [3.63, 3.8) is 0 Å². The summed E-state index contributed by atoms with van der Waals surface area (Å²) in [6.07, 6.45) is 3.35. The van der Waals surface area contributed by atoms with E-state index in [1.807, 2.05) is 0 Å². The van der Waals surface area contributed by atoms with E-state index in [9.17, 15) is 4.79 Å². The van der Waals surface area contributed by atoms with Crippen molar-refractivity contribution in [1.82, 2.24) is 15.3 Å². The molecule has 1 unspecified atom stereocenters. The van der Waals surface area contributed by atoms with Crippen LogP contribution in [0.4, 0.5) is 0 Å². The molecule has 82 valence electrons. The molecule has 0 aliphatic carbocycles. The summed E-state index contributed by atoms with van der Waals surface area (Å²) >= 11 is 3.20. The summed E-state index contributed by atoms with van der Waals surface area (Å²) in [6, 6.07) is 1.76. The molecule has 1 atom stereocenters. The number of alkyl halides is 1. The summed E-state index contributed by atoms with van der Waals surface area (Å²) in [5.74, 6) is 0.401. The van der Waals surface area contributed by atoms with Gasteiger partial charge >= 0.3 is 5.97 Å². The highest BCUT2D eigenvalue weighted by Crippen LogP contribution is 2.00. The number of carbonyl (C=O) groups is 1. The Bertz CT molecular complexity index is 307. The van der Waals surface area contributed by atoms with Crippen molar-refractivity contribution in [3.8, 4) is 0 Å². The Labute approximate surface area is 96.4 Å². The molecule has 1 aromatic heterocycles. The zero-order chi connectivity index (χ0) is 11.1. The number of nitrogens with one attached hydrogen (secondary N) is 1. The Balaban J connectivity index is 2.25. The van der Waals surface area contributed by atoms with E-state index in [2.05, 4.69) is 36.0 Å². The molecule has 0 bridgehead atoms. The number of esters is 1. The first-order valence-corrected chi connectivity index (χ1v) is 5.34. The van der Waals surface area contributed by atoms with Gasteiger partial charge < -0.3 is 10.1 Å². The molecule has 1 heterocycles. The van der Waals surface area contributed by atoms with Crippen molar-refractivity contribution in [2.75, 3.05) is 13.7 Å². The summed E-state index contributed by atoms with van der Waals surface area (Å²) in [6.45, 7) is 1.00. The van der Waals surface area contributed by atoms with Crippen LogP contribution >= 0.6 is 15.9 Å². The van der Waals surface area contributed by atoms with E-state index in [1.165, 1.54) is 7.11 Å². The number of rotatable bonds is 5. The summed E-state index contributed by atoms with van der Waals surface area (Å²) in [7, 11) is 1.36. The lowest BCUT2D eigenvalue weighted by atomic mass is 10.4. The van der Waals surface area contributed by atoms with Gasteiger partial charge in [-0.3, -0.25) is 4.79 Å². The molecule has 0 saturated heterocycles. The van der Waals surface area contributed by atoms with E-state index in [0.717, 1.165) is 0 Å². The minimum atomic E-state index is -0.341. The van der Waals surface area contributed by atoms with Gasteiger partial charge in [0, 0.05) is 18.9 Å². The maximum atomic E-state index is 11.0. The van der Waals surface area contributed by atoms with E-state index >= 15 is 0 Å². The zero-order valence-corrected chi connectivity index (χ0v) is 9.90. The minimum absolute atomic E-state index is 0.295. The molecule has 0 fully saturated rings. The minimum Gasteiger partial charge on any atom is -0.468 e. The second-order valence-corrected chi connectivity index (χ2v) is 3.89. The Morgan fingerprint density at radius 2 is 2.27 bits per heavy atom. The Morgan fingerprint density at radius 1 is 1.60 bits per heavy atom. The second kappa shape index (κ2) is 6.47. The quantitative estimate of drug-likeness (QED) is 0.626. The summed E-state index contributed by atoms with van der Waals surface area (Å²) in [5.41, 5.74) is 0. The lowest BCUT2D eigenvalue weighted by Crippen LogP contribution is -2.29. The fraction of sp³-hybridized carbons (Fsp3) is 0.444. The molecule has 15 heavy (non-hydrogen) atoms. The molecule has 5 nitrogen and oxygen atoms in total. The monoisotopic (exact) mass is 273 g/mol. The zero-order valence-electron chi connectivity index (χ0n) is 8.31. The van der Waals surface area contributed by atoms with Crippen LogP contribution in [0.5, 0.6) is 0 Å². The van der Waals surface area contributed by atoms with Gasteiger partial charge in [-0.1, -0.05) is 15.9 Å². The molecule has 6 heteroatoms.